The summed E-state index contributed by atoms with van der Waals surface area (Å²) in [5.74, 6) is 2.45. The fourth-order valence-electron chi connectivity index (χ4n) is 3.71. The van der Waals surface area contributed by atoms with Gasteiger partial charge in [-0.3, -0.25) is 10.1 Å². The minimum Gasteiger partial charge on any atom is -0.398 e. The Kier molecular flexibility index (Phi) is 6.51. The van der Waals surface area contributed by atoms with Gasteiger partial charge in [0.1, 0.15) is 0 Å². The highest BCUT2D eigenvalue weighted by atomic mass is 32.2. The lowest BCUT2D eigenvalue weighted by molar-refractivity contribution is 0.102. The molecule has 2 heterocycles. The monoisotopic (exact) mass is 480 g/mol. The van der Waals surface area contributed by atoms with Crippen LogP contribution in [0.2, 0.25) is 0 Å². The molecule has 0 aliphatic carbocycles. The number of aromatic nitrogens is 1. The van der Waals surface area contributed by atoms with Crippen molar-refractivity contribution < 1.29 is 13.2 Å². The van der Waals surface area contributed by atoms with E-state index in [1.54, 1.807) is 0 Å². The summed E-state index contributed by atoms with van der Waals surface area (Å²) in [7, 11) is -3.62. The SMILES string of the molecule is C#CC1CCN(S(=O)(=O)c2ccc(C(=O)Nc3nc(-c4cc(C)ccc4N)cs3)cc2)CC1. The van der Waals surface area contributed by atoms with Crippen molar-refractivity contribution in [3.05, 3.63) is 59.0 Å². The Morgan fingerprint density at radius 2 is 1.91 bits per heavy atom. The second-order valence-corrected chi connectivity index (χ2v) is 10.7. The molecule has 1 aromatic heterocycles. The number of carbonyl (C=O) groups excluding carboxylic acids is 1. The molecule has 0 atom stereocenters. The number of sulfonamides is 1. The van der Waals surface area contributed by atoms with E-state index < -0.39 is 10.0 Å². The van der Waals surface area contributed by atoms with Crippen LogP contribution < -0.4 is 11.1 Å². The number of carbonyl (C=O) groups is 1. The summed E-state index contributed by atoms with van der Waals surface area (Å²) in [5.41, 5.74) is 9.57. The zero-order chi connectivity index (χ0) is 23.6. The van der Waals surface area contributed by atoms with E-state index in [2.05, 4.69) is 16.2 Å². The number of thiazole rings is 1. The van der Waals surface area contributed by atoms with Gasteiger partial charge in [-0.15, -0.1) is 23.7 Å². The fourth-order valence-corrected chi connectivity index (χ4v) is 5.88. The van der Waals surface area contributed by atoms with E-state index >= 15 is 0 Å². The summed E-state index contributed by atoms with van der Waals surface area (Å²) < 4.78 is 27.2. The van der Waals surface area contributed by atoms with Crippen LogP contribution in [0.25, 0.3) is 11.3 Å². The van der Waals surface area contributed by atoms with Gasteiger partial charge in [-0.25, -0.2) is 13.4 Å². The highest BCUT2D eigenvalue weighted by Crippen LogP contribution is 2.30. The molecule has 33 heavy (non-hydrogen) atoms. The van der Waals surface area contributed by atoms with Gasteiger partial charge in [0.25, 0.3) is 5.91 Å². The predicted octanol–water partition coefficient (Wildman–Crippen LogP) is 3.99. The molecule has 1 aliphatic rings. The summed E-state index contributed by atoms with van der Waals surface area (Å²) in [6, 6.07) is 11.6. The van der Waals surface area contributed by atoms with Gasteiger partial charge in [0, 0.05) is 41.2 Å². The molecule has 7 nitrogen and oxygen atoms in total. The maximum absolute atomic E-state index is 12.9. The summed E-state index contributed by atoms with van der Waals surface area (Å²) in [5, 5.41) is 5.03. The van der Waals surface area contributed by atoms with Crippen molar-refractivity contribution in [1.29, 1.82) is 0 Å². The molecule has 4 rings (SSSR count). The van der Waals surface area contributed by atoms with Crippen molar-refractivity contribution in [2.24, 2.45) is 5.92 Å². The van der Waals surface area contributed by atoms with Crippen LogP contribution in [0.3, 0.4) is 0 Å². The number of nitrogens with zero attached hydrogens (tertiary/aromatic N) is 2. The van der Waals surface area contributed by atoms with Crippen LogP contribution in [0.15, 0.2) is 52.7 Å². The van der Waals surface area contributed by atoms with E-state index in [0.717, 1.165) is 11.1 Å². The molecular weight excluding hydrogens is 456 g/mol. The Bertz CT molecular complexity index is 1320. The fraction of sp³-hybridized carbons (Fsp3) is 0.250. The van der Waals surface area contributed by atoms with Gasteiger partial charge < -0.3 is 5.73 Å². The molecular formula is C24H24N4O3S2. The van der Waals surface area contributed by atoms with Gasteiger partial charge >= 0.3 is 0 Å². The maximum atomic E-state index is 12.9. The molecule has 9 heteroatoms. The minimum atomic E-state index is -3.62. The van der Waals surface area contributed by atoms with Gasteiger partial charge in [0.15, 0.2) is 5.13 Å². The lowest BCUT2D eigenvalue weighted by Gasteiger charge is -2.28. The zero-order valence-electron chi connectivity index (χ0n) is 18.1. The number of anilines is 2. The third-order valence-corrected chi connectivity index (χ3v) is 8.32. The van der Waals surface area contributed by atoms with E-state index in [1.807, 2.05) is 30.5 Å². The summed E-state index contributed by atoms with van der Waals surface area (Å²) in [4.78, 5) is 17.3. The average Bonchev–Trinajstić information content (AvgIpc) is 3.29. The molecule has 3 aromatic rings. The molecule has 3 N–H and O–H groups in total. The van der Waals surface area contributed by atoms with Crippen molar-refractivity contribution in [1.82, 2.24) is 9.29 Å². The number of amides is 1. The first-order chi connectivity index (χ1) is 15.8. The Hall–Kier alpha value is -3.19. The van der Waals surface area contributed by atoms with Gasteiger partial charge in [-0.2, -0.15) is 4.31 Å². The van der Waals surface area contributed by atoms with E-state index in [4.69, 9.17) is 12.2 Å². The molecule has 1 fully saturated rings. The normalized spacial score (nSPS) is 15.2. The number of nitrogens with two attached hydrogens (primary N) is 1. The van der Waals surface area contributed by atoms with Crippen molar-refractivity contribution in [3.63, 3.8) is 0 Å². The van der Waals surface area contributed by atoms with E-state index in [9.17, 15) is 13.2 Å². The van der Waals surface area contributed by atoms with Gasteiger partial charge in [0.05, 0.1) is 10.6 Å². The number of nitrogens with one attached hydrogen (secondary N) is 1. The number of aryl methyl sites for hydroxylation is 1. The minimum absolute atomic E-state index is 0.122. The highest BCUT2D eigenvalue weighted by Gasteiger charge is 2.28. The molecule has 1 amide bonds. The number of piperidine rings is 1. The number of rotatable bonds is 5. The van der Waals surface area contributed by atoms with Crippen LogP contribution in [0.5, 0.6) is 0 Å². The molecule has 170 valence electrons. The quantitative estimate of drug-likeness (QED) is 0.424. The molecule has 0 radical (unpaired) electrons. The number of benzene rings is 2. The predicted molar refractivity (Wildman–Crippen MR) is 131 cm³/mol. The molecule has 2 aromatic carbocycles. The molecule has 0 bridgehead atoms. The topological polar surface area (TPSA) is 105 Å². The molecule has 0 unspecified atom stereocenters. The van der Waals surface area contributed by atoms with Crippen molar-refractivity contribution in [3.8, 4) is 23.6 Å². The average molecular weight is 481 g/mol. The van der Waals surface area contributed by atoms with E-state index in [0.29, 0.717) is 48.0 Å². The van der Waals surface area contributed by atoms with Crippen molar-refractivity contribution >= 4 is 38.1 Å². The van der Waals surface area contributed by atoms with Gasteiger partial charge in [-0.05, 0) is 56.2 Å². The van der Waals surface area contributed by atoms with E-state index in [1.165, 1.54) is 39.9 Å². The summed E-state index contributed by atoms with van der Waals surface area (Å²) in [6.45, 7) is 2.77. The highest BCUT2D eigenvalue weighted by molar-refractivity contribution is 7.89. The van der Waals surface area contributed by atoms with Crippen molar-refractivity contribution in [2.75, 3.05) is 24.1 Å². The standard InChI is InChI=1S/C24H24N4O3S2/c1-3-17-10-12-28(13-11-17)33(30,31)19-7-5-18(6-8-19)23(29)27-24-26-22(15-32-24)20-14-16(2)4-9-21(20)25/h1,4-9,14-15,17H,10-13,25H2,2H3,(H,26,27,29). The third kappa shape index (κ3) is 4.93. The first kappa shape index (κ1) is 23.0. The Balaban J connectivity index is 1.45. The second-order valence-electron chi connectivity index (χ2n) is 7.95. The van der Waals surface area contributed by atoms with Gasteiger partial charge in [0.2, 0.25) is 10.0 Å². The first-order valence-corrected chi connectivity index (χ1v) is 12.8. The largest absolute Gasteiger partial charge is 0.398 e. The molecule has 1 aliphatic heterocycles. The first-order valence-electron chi connectivity index (χ1n) is 10.5. The third-order valence-electron chi connectivity index (χ3n) is 5.65. The lowest BCUT2D eigenvalue weighted by atomic mass is 10.00. The molecule has 1 saturated heterocycles. The molecule has 0 spiro atoms. The smallest absolute Gasteiger partial charge is 0.257 e. The van der Waals surface area contributed by atoms with Gasteiger partial charge in [-0.1, -0.05) is 11.6 Å². The van der Waals surface area contributed by atoms with E-state index in [-0.39, 0.29) is 16.7 Å². The van der Waals surface area contributed by atoms with Crippen LogP contribution in [0.4, 0.5) is 10.8 Å². The number of hydrogen-bond donors (Lipinski definition) is 2. The van der Waals surface area contributed by atoms with Crippen LogP contribution in [0.1, 0.15) is 28.8 Å². The number of terminal acetylenes is 1. The number of nitrogen functional groups attached to an aromatic ring is 1. The van der Waals surface area contributed by atoms with Crippen LogP contribution in [0, 0.1) is 25.2 Å². The second kappa shape index (κ2) is 9.35. The number of hydrogen-bond acceptors (Lipinski definition) is 6. The van der Waals surface area contributed by atoms with Crippen molar-refractivity contribution in [2.45, 2.75) is 24.7 Å². The zero-order valence-corrected chi connectivity index (χ0v) is 19.7. The Labute approximate surface area is 197 Å². The lowest BCUT2D eigenvalue weighted by Crippen LogP contribution is -2.38. The maximum Gasteiger partial charge on any atom is 0.257 e. The van der Waals surface area contributed by atoms with Crippen LogP contribution in [-0.2, 0) is 10.0 Å². The molecule has 0 saturated carbocycles. The summed E-state index contributed by atoms with van der Waals surface area (Å²) in [6.07, 6.45) is 6.75. The van der Waals surface area contributed by atoms with Crippen LogP contribution >= 0.6 is 11.3 Å². The Morgan fingerprint density at radius 3 is 2.58 bits per heavy atom. The summed E-state index contributed by atoms with van der Waals surface area (Å²) >= 11 is 1.29. The Morgan fingerprint density at radius 1 is 1.21 bits per heavy atom. The van der Waals surface area contributed by atoms with Crippen LogP contribution in [-0.4, -0.2) is 36.7 Å².